The minimum atomic E-state index is 0.195. The van der Waals surface area contributed by atoms with Crippen LogP contribution in [0.15, 0.2) is 48.5 Å². The van der Waals surface area contributed by atoms with Crippen LogP contribution in [0.25, 0.3) is 11.3 Å². The summed E-state index contributed by atoms with van der Waals surface area (Å²) in [5.74, 6) is 0. The topological polar surface area (TPSA) is 27.5 Å². The fourth-order valence-electron chi connectivity index (χ4n) is 2.93. The van der Waals surface area contributed by atoms with Gasteiger partial charge in [-0.05, 0) is 17.7 Å². The first-order chi connectivity index (χ1) is 8.36. The van der Waals surface area contributed by atoms with Gasteiger partial charge in [0, 0.05) is 29.2 Å². The molecule has 1 heterocycles. The van der Waals surface area contributed by atoms with Crippen molar-refractivity contribution in [3.8, 4) is 0 Å². The smallest absolute Gasteiger partial charge is 0.148 e. The van der Waals surface area contributed by atoms with Gasteiger partial charge >= 0.3 is 0 Å². The lowest BCUT2D eigenvalue weighted by atomic mass is 10.0. The van der Waals surface area contributed by atoms with E-state index in [4.69, 9.17) is 0 Å². The Hall–Kier alpha value is -1.90. The number of hydrogen-bond acceptors (Lipinski definition) is 1. The van der Waals surface area contributed by atoms with Crippen molar-refractivity contribution in [1.82, 2.24) is 0 Å². The zero-order valence-electron chi connectivity index (χ0n) is 9.23. The van der Waals surface area contributed by atoms with Crippen molar-refractivity contribution in [2.24, 2.45) is 0 Å². The van der Waals surface area contributed by atoms with Crippen molar-refractivity contribution in [3.63, 3.8) is 0 Å². The maximum atomic E-state index is 12.4. The van der Waals surface area contributed by atoms with Crippen LogP contribution in [0, 0.1) is 5.21 Å². The van der Waals surface area contributed by atoms with Crippen molar-refractivity contribution in [3.05, 3.63) is 70.4 Å². The average molecular weight is 221 g/mol. The predicted octanol–water partition coefficient (Wildman–Crippen LogP) is 2.14. The van der Waals surface area contributed by atoms with Crippen LogP contribution in [0.3, 0.4) is 0 Å². The van der Waals surface area contributed by atoms with Gasteiger partial charge in [-0.15, -0.1) is 0 Å². The normalized spacial score (nSPS) is 20.2. The van der Waals surface area contributed by atoms with Gasteiger partial charge in [-0.1, -0.05) is 30.3 Å². The maximum absolute atomic E-state index is 12.4. The molecule has 2 nitrogen and oxygen atoms in total. The molecule has 0 saturated heterocycles. The zero-order valence-corrected chi connectivity index (χ0v) is 9.23. The Morgan fingerprint density at radius 3 is 2.47 bits per heavy atom. The minimum Gasteiger partial charge on any atom is -0.623 e. The summed E-state index contributed by atoms with van der Waals surface area (Å²) in [4.78, 5) is 0. The Kier molecular flexibility index (Phi) is 1.65. The van der Waals surface area contributed by atoms with Gasteiger partial charge in [0.05, 0.1) is 0 Å². The molecule has 1 unspecified atom stereocenters. The van der Waals surface area contributed by atoms with E-state index in [1.807, 2.05) is 30.3 Å². The van der Waals surface area contributed by atoms with Gasteiger partial charge in [-0.3, -0.25) is 0 Å². The Balaban J connectivity index is 1.98. The molecule has 0 fully saturated rings. The summed E-state index contributed by atoms with van der Waals surface area (Å²) in [7, 11) is 0. The largest absolute Gasteiger partial charge is 0.623 e. The number of nitrogens with one attached hydrogen (secondary N) is 1. The number of quaternary nitrogens is 1. The lowest BCUT2D eigenvalue weighted by molar-refractivity contribution is -0.686. The number of allylic oxidation sites excluding steroid dienone is 1. The molecule has 1 atom stereocenters. The molecule has 2 aromatic carbocycles. The van der Waals surface area contributed by atoms with Crippen LogP contribution in [-0.4, -0.2) is 0 Å². The summed E-state index contributed by atoms with van der Waals surface area (Å²) in [5, 5.41) is 12.6. The van der Waals surface area contributed by atoms with E-state index < -0.39 is 0 Å². The van der Waals surface area contributed by atoms with Crippen LogP contribution in [0.2, 0.25) is 0 Å². The summed E-state index contributed by atoms with van der Waals surface area (Å²) >= 11 is 0. The fraction of sp³-hybridized carbons (Fsp3) is 0.0667. The number of benzene rings is 2. The van der Waals surface area contributed by atoms with E-state index in [2.05, 4.69) is 18.2 Å². The van der Waals surface area contributed by atoms with Crippen LogP contribution in [-0.2, 0) is 6.42 Å². The first kappa shape index (κ1) is 9.16. The van der Waals surface area contributed by atoms with Gasteiger partial charge in [0.25, 0.3) is 0 Å². The summed E-state index contributed by atoms with van der Waals surface area (Å²) in [6, 6.07) is 16.1. The first-order valence-corrected chi connectivity index (χ1v) is 5.82. The SMILES string of the molecule is [O-][NH+]1C2=C(Cc3ccccc32)c2ccccc21. The van der Waals surface area contributed by atoms with Crippen LogP contribution < -0.4 is 5.06 Å². The fourth-order valence-corrected chi connectivity index (χ4v) is 2.93. The van der Waals surface area contributed by atoms with Crippen LogP contribution in [0.5, 0.6) is 0 Å². The molecule has 1 N–H and O–H groups in total. The van der Waals surface area contributed by atoms with E-state index in [9.17, 15) is 5.21 Å². The Morgan fingerprint density at radius 2 is 1.59 bits per heavy atom. The third kappa shape index (κ3) is 1.06. The van der Waals surface area contributed by atoms with E-state index in [0.717, 1.165) is 28.9 Å². The van der Waals surface area contributed by atoms with Gasteiger partial charge in [0.1, 0.15) is 11.4 Å². The molecule has 0 bridgehead atoms. The van der Waals surface area contributed by atoms with Crippen molar-refractivity contribution in [2.75, 3.05) is 0 Å². The quantitative estimate of drug-likeness (QED) is 0.678. The molecular formula is C15H11NO. The first-order valence-electron chi connectivity index (χ1n) is 5.82. The van der Waals surface area contributed by atoms with Gasteiger partial charge in [-0.2, -0.15) is 0 Å². The molecule has 2 aromatic rings. The molecule has 0 radical (unpaired) electrons. The van der Waals surface area contributed by atoms with Crippen molar-refractivity contribution in [1.29, 1.82) is 0 Å². The highest BCUT2D eigenvalue weighted by atomic mass is 16.5. The second-order valence-electron chi connectivity index (χ2n) is 4.56. The van der Waals surface area contributed by atoms with E-state index in [0.29, 0.717) is 0 Å². The highest BCUT2D eigenvalue weighted by molar-refractivity contribution is 5.99. The summed E-state index contributed by atoms with van der Waals surface area (Å²) in [5.41, 5.74) is 6.55. The molecule has 1 aliphatic heterocycles. The zero-order chi connectivity index (χ0) is 11.4. The van der Waals surface area contributed by atoms with Crippen LogP contribution in [0.1, 0.15) is 16.7 Å². The monoisotopic (exact) mass is 221 g/mol. The summed E-state index contributed by atoms with van der Waals surface area (Å²) < 4.78 is 0. The molecule has 2 aliphatic rings. The molecule has 2 heteroatoms. The number of hydrogen-bond donors (Lipinski definition) is 1. The maximum Gasteiger partial charge on any atom is 0.148 e. The lowest BCUT2D eigenvalue weighted by Crippen LogP contribution is -2.98. The van der Waals surface area contributed by atoms with Crippen LogP contribution in [0.4, 0.5) is 5.69 Å². The van der Waals surface area contributed by atoms with Gasteiger partial charge in [0.15, 0.2) is 0 Å². The van der Waals surface area contributed by atoms with Gasteiger partial charge < -0.3 is 10.3 Å². The average Bonchev–Trinajstić information content (AvgIpc) is 2.88. The van der Waals surface area contributed by atoms with Crippen molar-refractivity contribution >= 4 is 17.0 Å². The highest BCUT2D eigenvalue weighted by Gasteiger charge is 2.36. The molecule has 4 rings (SSSR count). The third-order valence-electron chi connectivity index (χ3n) is 3.68. The van der Waals surface area contributed by atoms with E-state index >= 15 is 0 Å². The second-order valence-corrected chi connectivity index (χ2v) is 4.56. The molecule has 82 valence electrons. The number of rotatable bonds is 0. The number of fused-ring (bicyclic) bond motifs is 4. The molecule has 0 amide bonds. The molecule has 0 spiro atoms. The number of hydroxylamine groups is 1. The molecule has 1 aliphatic carbocycles. The Labute approximate surface area is 99.4 Å². The molecule has 17 heavy (non-hydrogen) atoms. The van der Waals surface area contributed by atoms with Crippen molar-refractivity contribution in [2.45, 2.75) is 6.42 Å². The van der Waals surface area contributed by atoms with Gasteiger partial charge in [0.2, 0.25) is 0 Å². The number of para-hydroxylation sites is 1. The van der Waals surface area contributed by atoms with E-state index in [1.165, 1.54) is 11.1 Å². The second kappa shape index (κ2) is 3.06. The minimum absolute atomic E-state index is 0.195. The molecular weight excluding hydrogens is 210 g/mol. The van der Waals surface area contributed by atoms with Gasteiger partial charge in [-0.25, -0.2) is 0 Å². The summed E-state index contributed by atoms with van der Waals surface area (Å²) in [6.45, 7) is 0. The van der Waals surface area contributed by atoms with Crippen LogP contribution >= 0.6 is 0 Å². The van der Waals surface area contributed by atoms with Crippen molar-refractivity contribution < 1.29 is 5.06 Å². The standard InChI is InChI=1S/C15H11NO/c17-16-14-8-4-3-7-12(14)13-9-10-5-1-2-6-11(10)15(13)16/h1-8,16H,9H2. The van der Waals surface area contributed by atoms with E-state index in [-0.39, 0.29) is 5.06 Å². The lowest BCUT2D eigenvalue weighted by Gasteiger charge is -2.20. The third-order valence-corrected chi connectivity index (χ3v) is 3.68. The Morgan fingerprint density at radius 1 is 0.882 bits per heavy atom. The Bertz CT molecular complexity index is 657. The highest BCUT2D eigenvalue weighted by Crippen LogP contribution is 2.41. The van der Waals surface area contributed by atoms with E-state index in [1.54, 1.807) is 0 Å². The molecule has 0 aromatic heterocycles. The summed E-state index contributed by atoms with van der Waals surface area (Å²) in [6.07, 6.45) is 0.897. The molecule has 0 saturated carbocycles. The predicted molar refractivity (Wildman–Crippen MR) is 67.4 cm³/mol.